The Morgan fingerprint density at radius 1 is 0.286 bits per heavy atom. The molecule has 0 unspecified atom stereocenters. The maximum atomic E-state index is 6.39. The van der Waals surface area contributed by atoms with E-state index in [1.54, 1.807) is 34.0 Å². The Balaban J connectivity index is 0.000000151. The van der Waals surface area contributed by atoms with E-state index in [9.17, 15) is 0 Å². The fourth-order valence-corrected chi connectivity index (χ4v) is 16.6. The van der Waals surface area contributed by atoms with E-state index in [1.807, 2.05) is 54.6 Å². The van der Waals surface area contributed by atoms with Crippen LogP contribution in [0.4, 0.5) is 0 Å². The fourth-order valence-electron chi connectivity index (χ4n) is 12.6. The Kier molecular flexibility index (Phi) is 17.1. The normalized spacial score (nSPS) is 13.3. The zero-order chi connectivity index (χ0) is 66.5. The maximum absolute atomic E-state index is 6.39. The van der Waals surface area contributed by atoms with Crippen LogP contribution in [0.15, 0.2) is 294 Å². The molecule has 0 atom stereocenters. The molecule has 0 bridgehead atoms. The maximum Gasteiger partial charge on any atom is 0.495 e. The van der Waals surface area contributed by atoms with Crippen LogP contribution in [0.5, 0.6) is 0 Å². The van der Waals surface area contributed by atoms with Gasteiger partial charge in [-0.1, -0.05) is 255 Å². The predicted octanol–water partition coefficient (Wildman–Crippen LogP) is 23.7. The first kappa shape index (κ1) is 63.0. The summed E-state index contributed by atoms with van der Waals surface area (Å²) in [6.45, 7) is 8.29. The Labute approximate surface area is 596 Å². The van der Waals surface area contributed by atoms with Crippen LogP contribution in [0.1, 0.15) is 27.7 Å². The van der Waals surface area contributed by atoms with Gasteiger partial charge in [-0.15, -0.1) is 34.0 Å². The third kappa shape index (κ3) is 11.9. The second-order valence-electron chi connectivity index (χ2n) is 24.8. The van der Waals surface area contributed by atoms with Crippen LogP contribution in [-0.2, 0) is 9.31 Å². The van der Waals surface area contributed by atoms with Gasteiger partial charge in [-0.05, 0) is 118 Å². The molecule has 0 spiro atoms. The molecule has 17 aromatic rings. The van der Waals surface area contributed by atoms with Crippen LogP contribution in [-0.4, -0.2) is 48.2 Å². The molecule has 6 aromatic heterocycles. The number of nitrogens with zero attached hydrogens (tertiary/aromatic N) is 6. The third-order valence-corrected chi connectivity index (χ3v) is 23.6. The average Bonchev–Trinajstić information content (AvgIpc) is 1.51. The summed E-state index contributed by atoms with van der Waals surface area (Å²) in [6.07, 6.45) is 0. The molecule has 1 saturated heterocycles. The zero-order valence-electron chi connectivity index (χ0n) is 53.7. The highest BCUT2D eigenvalue weighted by molar-refractivity contribution is 9.13. The first-order valence-electron chi connectivity index (χ1n) is 32.3. The van der Waals surface area contributed by atoms with E-state index in [4.69, 9.17) is 39.2 Å². The second kappa shape index (κ2) is 26.6. The Morgan fingerprint density at radius 2 is 0.551 bits per heavy atom. The smallest absolute Gasteiger partial charge is 0.399 e. The van der Waals surface area contributed by atoms with Crippen molar-refractivity contribution >= 4 is 139 Å². The van der Waals surface area contributed by atoms with Gasteiger partial charge in [0.05, 0.1) is 58.9 Å². The van der Waals surface area contributed by atoms with Gasteiger partial charge in [0.2, 0.25) is 0 Å². The van der Waals surface area contributed by atoms with Crippen molar-refractivity contribution in [1.82, 2.24) is 29.9 Å². The molecule has 1 fully saturated rings. The van der Waals surface area contributed by atoms with E-state index in [2.05, 4.69) is 290 Å². The van der Waals surface area contributed by atoms with Gasteiger partial charge >= 0.3 is 7.12 Å². The highest BCUT2D eigenvalue weighted by Gasteiger charge is 2.52. The molecule has 8 nitrogen and oxygen atoms in total. The summed E-state index contributed by atoms with van der Waals surface area (Å²) in [5.41, 5.74) is 16.3. The average molecular weight is 1450 g/mol. The van der Waals surface area contributed by atoms with Gasteiger partial charge in [0.1, 0.15) is 0 Å². The molecule has 14 heteroatoms. The van der Waals surface area contributed by atoms with Crippen molar-refractivity contribution < 1.29 is 9.31 Å². The van der Waals surface area contributed by atoms with Gasteiger partial charge in [0, 0.05) is 72.6 Å². The predicted molar refractivity (Wildman–Crippen MR) is 419 cm³/mol. The molecule has 0 saturated carbocycles. The van der Waals surface area contributed by atoms with Crippen molar-refractivity contribution in [3.05, 3.63) is 294 Å². The zero-order valence-corrected chi connectivity index (χ0v) is 59.3. The van der Waals surface area contributed by atoms with Crippen LogP contribution in [0, 0.1) is 0 Å². The van der Waals surface area contributed by atoms with Gasteiger partial charge in [-0.2, -0.15) is 0 Å². The molecule has 1 aliphatic rings. The van der Waals surface area contributed by atoms with Crippen LogP contribution < -0.4 is 5.46 Å². The Bertz CT molecular complexity index is 5590. The first-order valence-corrected chi connectivity index (χ1v) is 36.3. The number of aromatic nitrogens is 6. The molecule has 98 heavy (non-hydrogen) atoms. The molecule has 11 aromatic carbocycles. The minimum Gasteiger partial charge on any atom is -0.399 e. The van der Waals surface area contributed by atoms with Crippen molar-refractivity contribution in [3.8, 4) is 90.2 Å². The number of benzene rings is 11. The number of thiophene rings is 3. The lowest BCUT2D eigenvalue weighted by Crippen LogP contribution is -2.41. The Hall–Kier alpha value is -9.74. The van der Waals surface area contributed by atoms with Gasteiger partial charge in [-0.25, -0.2) is 29.9 Å². The second-order valence-corrected chi connectivity index (χ2v) is 29.7. The summed E-state index contributed by atoms with van der Waals surface area (Å²) in [5.74, 6) is 2.08. The SMILES string of the molecule is Brc1ccccc1Br.CC1(C)OB(c2ccccc2-c2nc(-c3ccccc3)c3sc4ccccc4c3n2)OC1(C)C.c1ccc(-c2nc(-c3ccccc3-c3ccccc3-c3ccccc3-c3nc(-c4ccccc4)c4sc5ccccc5c4n3)nc3c2sc2ccccc23)cc1. The molecule has 0 amide bonds. The number of rotatable bonds is 9. The van der Waals surface area contributed by atoms with Crippen LogP contribution in [0.2, 0.25) is 0 Å². The van der Waals surface area contributed by atoms with Gasteiger partial charge in [0.25, 0.3) is 0 Å². The van der Waals surface area contributed by atoms with Gasteiger partial charge in [0.15, 0.2) is 17.5 Å². The largest absolute Gasteiger partial charge is 0.495 e. The summed E-state index contributed by atoms with van der Waals surface area (Å²) in [7, 11) is -0.486. The molecule has 0 N–H and O–H groups in total. The Morgan fingerprint density at radius 3 is 0.898 bits per heavy atom. The van der Waals surface area contributed by atoms with Crippen molar-refractivity contribution in [2.75, 3.05) is 0 Å². The van der Waals surface area contributed by atoms with E-state index in [0.717, 1.165) is 134 Å². The molecule has 472 valence electrons. The first-order chi connectivity index (χ1) is 47.9. The third-order valence-electron chi connectivity index (χ3n) is 18.2. The summed E-state index contributed by atoms with van der Waals surface area (Å²) in [5, 5.41) is 3.44. The van der Waals surface area contributed by atoms with Gasteiger partial charge in [-0.3, -0.25) is 0 Å². The molecule has 0 radical (unpaired) electrons. The number of halogens is 2. The van der Waals surface area contributed by atoms with Crippen LogP contribution in [0.3, 0.4) is 0 Å². The van der Waals surface area contributed by atoms with E-state index >= 15 is 0 Å². The highest BCUT2D eigenvalue weighted by Crippen LogP contribution is 2.47. The molecular weight excluding hydrogens is 1390 g/mol. The standard InChI is InChI=1S/C50H30N4S2.C28H25BN2O2S.C6H4Br2/c1-3-17-31(18-4-1)43-47-45(39-27-13-15-29-41(39)55-47)53-49(51-43)37-25-11-9-23-35(37)33-21-7-8-22-34(33)36-24-10-12-26-38(36)50-52-44(32-19-5-2-6-20-32)48-46(54-50)40-28-14-16-30-42(40)56-48;1-27(2)28(3,4)33-29(32-27)21-16-10-8-14-19(21)26-30-23(18-12-6-5-7-13-18)25-24(31-26)20-15-9-11-17-22(20)34-25;7-5-3-1-2-4-6(5)8/h1-30H;5-17H,1-4H3;1-4H. The van der Waals surface area contributed by atoms with E-state index in [0.29, 0.717) is 17.5 Å². The van der Waals surface area contributed by atoms with Crippen molar-refractivity contribution in [2.45, 2.75) is 38.9 Å². The monoisotopic (exact) mass is 1450 g/mol. The fraction of sp³-hybridized carbons (Fsp3) is 0.0714. The minimum atomic E-state index is -0.486. The quantitative estimate of drug-likeness (QED) is 0.132. The summed E-state index contributed by atoms with van der Waals surface area (Å²) in [4.78, 5) is 31.6. The van der Waals surface area contributed by atoms with Gasteiger partial charge < -0.3 is 9.31 Å². The molecule has 7 heterocycles. The topological polar surface area (TPSA) is 95.8 Å². The van der Waals surface area contributed by atoms with E-state index in [1.165, 1.54) is 14.1 Å². The van der Waals surface area contributed by atoms with Crippen LogP contribution >= 0.6 is 65.9 Å². The number of hydrogen-bond acceptors (Lipinski definition) is 11. The van der Waals surface area contributed by atoms with E-state index in [-0.39, 0.29) is 0 Å². The molecule has 18 rings (SSSR count). The highest BCUT2D eigenvalue weighted by atomic mass is 79.9. The van der Waals surface area contributed by atoms with Crippen molar-refractivity contribution in [1.29, 1.82) is 0 Å². The van der Waals surface area contributed by atoms with Crippen LogP contribution in [0.25, 0.3) is 151 Å². The lowest BCUT2D eigenvalue weighted by atomic mass is 9.75. The lowest BCUT2D eigenvalue weighted by molar-refractivity contribution is 0.00578. The minimum absolute atomic E-state index is 0.422. The molecule has 0 aliphatic carbocycles. The summed E-state index contributed by atoms with van der Waals surface area (Å²) < 4.78 is 21.9. The number of fused-ring (bicyclic) bond motifs is 9. The molecular formula is C84H59BBr2N6O2S3. The number of hydrogen-bond donors (Lipinski definition) is 0. The summed E-state index contributed by atoms with van der Waals surface area (Å²) >= 11 is 11.9. The summed E-state index contributed by atoms with van der Waals surface area (Å²) in [6, 6.07) is 98.5. The van der Waals surface area contributed by atoms with Crippen molar-refractivity contribution in [2.24, 2.45) is 0 Å². The van der Waals surface area contributed by atoms with E-state index < -0.39 is 18.3 Å². The lowest BCUT2D eigenvalue weighted by Gasteiger charge is -2.32. The van der Waals surface area contributed by atoms with Crippen molar-refractivity contribution in [3.63, 3.8) is 0 Å². The molecule has 1 aliphatic heterocycles.